The van der Waals surface area contributed by atoms with E-state index in [2.05, 4.69) is 27.0 Å². The van der Waals surface area contributed by atoms with E-state index in [9.17, 15) is 5.11 Å². The second-order valence-corrected chi connectivity index (χ2v) is 5.71. The lowest BCUT2D eigenvalue weighted by molar-refractivity contribution is 0.0535. The molecule has 0 spiro atoms. The van der Waals surface area contributed by atoms with Gasteiger partial charge in [-0.3, -0.25) is 0 Å². The second kappa shape index (κ2) is 6.72. The molecule has 0 aromatic rings. The molecule has 1 N–H and O–H groups in total. The van der Waals surface area contributed by atoms with Crippen LogP contribution in [0.3, 0.4) is 0 Å². The van der Waals surface area contributed by atoms with Crippen molar-refractivity contribution in [2.75, 3.05) is 12.0 Å². The average molecular weight is 204 g/mol. The van der Waals surface area contributed by atoms with Gasteiger partial charge in [0.2, 0.25) is 0 Å². The summed E-state index contributed by atoms with van der Waals surface area (Å²) in [6.45, 7) is 6.29. The van der Waals surface area contributed by atoms with Gasteiger partial charge < -0.3 is 5.11 Å². The van der Waals surface area contributed by atoms with Crippen LogP contribution in [-0.4, -0.2) is 23.2 Å². The Hall–Kier alpha value is 0.310. The highest BCUT2D eigenvalue weighted by Gasteiger charge is 2.20. The molecule has 0 aliphatic heterocycles. The summed E-state index contributed by atoms with van der Waals surface area (Å²) >= 11 is 1.90. The fourth-order valence-corrected chi connectivity index (χ4v) is 1.69. The zero-order chi connectivity index (χ0) is 10.3. The summed E-state index contributed by atoms with van der Waals surface area (Å²) in [4.78, 5) is 0. The van der Waals surface area contributed by atoms with Crippen molar-refractivity contribution in [3.05, 3.63) is 0 Å². The summed E-state index contributed by atoms with van der Waals surface area (Å²) in [5.74, 6) is 1.26. The Morgan fingerprint density at radius 3 is 2.23 bits per heavy atom. The molecule has 1 unspecified atom stereocenters. The van der Waals surface area contributed by atoms with Crippen LogP contribution in [0.15, 0.2) is 0 Å². The maximum Gasteiger partial charge on any atom is 0.0588 e. The third kappa shape index (κ3) is 7.39. The van der Waals surface area contributed by atoms with Gasteiger partial charge in [-0.25, -0.2) is 0 Å². The molecule has 0 rings (SSSR count). The number of hydrogen-bond donors (Lipinski definition) is 1. The van der Waals surface area contributed by atoms with Gasteiger partial charge in [0.15, 0.2) is 0 Å². The minimum Gasteiger partial charge on any atom is -0.393 e. The highest BCUT2D eigenvalue weighted by atomic mass is 32.2. The van der Waals surface area contributed by atoms with Crippen LogP contribution in [0.25, 0.3) is 0 Å². The van der Waals surface area contributed by atoms with Crippen LogP contribution in [0.4, 0.5) is 0 Å². The number of unbranched alkanes of at least 4 members (excludes halogenated alkanes) is 2. The van der Waals surface area contributed by atoms with E-state index >= 15 is 0 Å². The first-order chi connectivity index (χ1) is 5.98. The Morgan fingerprint density at radius 2 is 1.77 bits per heavy atom. The van der Waals surface area contributed by atoms with Crippen LogP contribution in [0.2, 0.25) is 0 Å². The van der Waals surface area contributed by atoms with Crippen LogP contribution in [0.5, 0.6) is 0 Å². The Bertz CT molecular complexity index is 118. The summed E-state index contributed by atoms with van der Waals surface area (Å²) in [5, 5.41) is 9.74. The lowest BCUT2D eigenvalue weighted by atomic mass is 9.86. The van der Waals surface area contributed by atoms with Crippen molar-refractivity contribution in [2.45, 2.75) is 52.6 Å². The van der Waals surface area contributed by atoms with Crippen molar-refractivity contribution in [2.24, 2.45) is 5.41 Å². The molecule has 2 heteroatoms. The molecule has 0 aliphatic carbocycles. The topological polar surface area (TPSA) is 20.2 Å². The molecule has 0 heterocycles. The maximum atomic E-state index is 9.74. The van der Waals surface area contributed by atoms with Crippen LogP contribution >= 0.6 is 11.8 Å². The van der Waals surface area contributed by atoms with Crippen molar-refractivity contribution in [3.63, 3.8) is 0 Å². The molecule has 0 aliphatic rings. The summed E-state index contributed by atoms with van der Waals surface area (Å²) < 4.78 is 0. The largest absolute Gasteiger partial charge is 0.393 e. The van der Waals surface area contributed by atoms with Gasteiger partial charge in [0.25, 0.3) is 0 Å². The van der Waals surface area contributed by atoms with Gasteiger partial charge in [-0.05, 0) is 30.3 Å². The molecule has 0 aromatic heterocycles. The summed E-state index contributed by atoms with van der Waals surface area (Å²) in [7, 11) is 0. The number of rotatable bonds is 6. The molecule has 1 atom stereocenters. The molecule has 0 amide bonds. The van der Waals surface area contributed by atoms with Gasteiger partial charge in [-0.2, -0.15) is 11.8 Å². The van der Waals surface area contributed by atoms with Crippen molar-refractivity contribution < 1.29 is 5.11 Å². The normalized spacial score (nSPS) is 14.5. The Labute approximate surface area is 87.3 Å². The Morgan fingerprint density at radius 1 is 1.15 bits per heavy atom. The molecule has 0 aromatic carbocycles. The predicted molar refractivity (Wildman–Crippen MR) is 62.3 cm³/mol. The van der Waals surface area contributed by atoms with Gasteiger partial charge in [-0.1, -0.05) is 33.6 Å². The van der Waals surface area contributed by atoms with E-state index in [1.807, 2.05) is 11.8 Å². The molecule has 0 saturated carbocycles. The van der Waals surface area contributed by atoms with Crippen molar-refractivity contribution in [3.8, 4) is 0 Å². The first-order valence-corrected chi connectivity index (χ1v) is 6.55. The molecular weight excluding hydrogens is 180 g/mol. The number of aliphatic hydroxyl groups is 1. The molecule has 0 saturated heterocycles. The Balaban J connectivity index is 3.32. The van der Waals surface area contributed by atoms with Crippen LogP contribution < -0.4 is 0 Å². The summed E-state index contributed by atoms with van der Waals surface area (Å²) in [6.07, 6.45) is 6.68. The lowest BCUT2D eigenvalue weighted by Crippen LogP contribution is -2.25. The highest BCUT2D eigenvalue weighted by molar-refractivity contribution is 7.98. The zero-order valence-electron chi connectivity index (χ0n) is 9.47. The second-order valence-electron chi connectivity index (χ2n) is 4.72. The number of hydrogen-bond acceptors (Lipinski definition) is 2. The molecule has 0 fully saturated rings. The molecule has 1 nitrogen and oxygen atoms in total. The lowest BCUT2D eigenvalue weighted by Gasteiger charge is -2.25. The van der Waals surface area contributed by atoms with E-state index in [4.69, 9.17) is 0 Å². The van der Waals surface area contributed by atoms with Crippen molar-refractivity contribution in [1.82, 2.24) is 0 Å². The Kier molecular flexibility index (Phi) is 6.88. The number of aliphatic hydroxyl groups excluding tert-OH is 1. The van der Waals surface area contributed by atoms with Crippen molar-refractivity contribution in [1.29, 1.82) is 0 Å². The first kappa shape index (κ1) is 13.3. The molecule has 13 heavy (non-hydrogen) atoms. The minimum atomic E-state index is -0.137. The van der Waals surface area contributed by atoms with Crippen LogP contribution in [0, 0.1) is 5.41 Å². The van der Waals surface area contributed by atoms with Crippen LogP contribution in [0.1, 0.15) is 46.5 Å². The van der Waals surface area contributed by atoms with Gasteiger partial charge in [0.05, 0.1) is 6.10 Å². The minimum absolute atomic E-state index is 0.0551. The first-order valence-electron chi connectivity index (χ1n) is 5.15. The fraction of sp³-hybridized carbons (Fsp3) is 1.00. The van der Waals surface area contributed by atoms with E-state index in [1.54, 1.807) is 0 Å². The molecule has 80 valence electrons. The number of thioether (sulfide) groups is 1. The van der Waals surface area contributed by atoms with E-state index in [0.29, 0.717) is 0 Å². The average Bonchev–Trinajstić information content (AvgIpc) is 2.02. The zero-order valence-corrected chi connectivity index (χ0v) is 10.3. The third-order valence-corrected chi connectivity index (χ3v) is 3.02. The molecular formula is C11H24OS. The highest BCUT2D eigenvalue weighted by Crippen LogP contribution is 2.23. The van der Waals surface area contributed by atoms with E-state index in [0.717, 1.165) is 6.42 Å². The predicted octanol–water partition coefficient (Wildman–Crippen LogP) is 3.32. The van der Waals surface area contributed by atoms with Gasteiger partial charge >= 0.3 is 0 Å². The van der Waals surface area contributed by atoms with Gasteiger partial charge in [0.1, 0.15) is 0 Å². The van der Waals surface area contributed by atoms with E-state index < -0.39 is 0 Å². The molecule has 0 bridgehead atoms. The third-order valence-electron chi connectivity index (χ3n) is 2.33. The van der Waals surface area contributed by atoms with E-state index in [-0.39, 0.29) is 11.5 Å². The smallest absolute Gasteiger partial charge is 0.0588 e. The fourth-order valence-electron chi connectivity index (χ4n) is 1.19. The molecule has 0 radical (unpaired) electrons. The quantitative estimate of drug-likeness (QED) is 0.670. The van der Waals surface area contributed by atoms with Crippen LogP contribution in [-0.2, 0) is 0 Å². The maximum absolute atomic E-state index is 9.74. The summed E-state index contributed by atoms with van der Waals surface area (Å²) in [5.41, 5.74) is 0.0551. The van der Waals surface area contributed by atoms with Gasteiger partial charge in [-0.15, -0.1) is 0 Å². The van der Waals surface area contributed by atoms with Crippen molar-refractivity contribution >= 4 is 11.8 Å². The van der Waals surface area contributed by atoms with E-state index in [1.165, 1.54) is 25.0 Å². The SMILES string of the molecule is CSCCCCCC(O)C(C)(C)C. The van der Waals surface area contributed by atoms with Gasteiger partial charge in [0, 0.05) is 0 Å². The summed E-state index contributed by atoms with van der Waals surface area (Å²) in [6, 6.07) is 0. The standard InChI is InChI=1S/C11H24OS/c1-11(2,3)10(12)8-6-5-7-9-13-4/h10,12H,5-9H2,1-4H3. The monoisotopic (exact) mass is 204 g/mol.